The average Bonchev–Trinajstić information content (AvgIpc) is 3.15. The maximum Gasteiger partial charge on any atom is 0.230 e. The van der Waals surface area contributed by atoms with Crippen LogP contribution in [0.2, 0.25) is 0 Å². The highest BCUT2D eigenvalue weighted by Crippen LogP contribution is 2.19. The Morgan fingerprint density at radius 3 is 3.10 bits per heavy atom. The van der Waals surface area contributed by atoms with Gasteiger partial charge in [0.1, 0.15) is 0 Å². The number of thiophene rings is 1. The average molecular weight is 318 g/mol. The Morgan fingerprint density at radius 2 is 2.29 bits per heavy atom. The van der Waals surface area contributed by atoms with E-state index in [0.717, 1.165) is 15.7 Å². The smallest absolute Gasteiger partial charge is 0.230 e. The van der Waals surface area contributed by atoms with Gasteiger partial charge in [-0.15, -0.1) is 21.5 Å². The largest absolute Gasteiger partial charge is 0.348 e. The van der Waals surface area contributed by atoms with E-state index < -0.39 is 0 Å². The number of rotatable bonds is 5. The molecule has 108 valence electrons. The van der Waals surface area contributed by atoms with Gasteiger partial charge in [-0.05, 0) is 30.5 Å². The van der Waals surface area contributed by atoms with Crippen LogP contribution < -0.4 is 5.32 Å². The van der Waals surface area contributed by atoms with E-state index >= 15 is 0 Å². The highest BCUT2D eigenvalue weighted by atomic mass is 32.2. The zero-order valence-corrected chi connectivity index (χ0v) is 13.0. The van der Waals surface area contributed by atoms with Crippen molar-refractivity contribution in [3.05, 3.63) is 46.8 Å². The monoisotopic (exact) mass is 318 g/mol. The minimum Gasteiger partial charge on any atom is -0.348 e. The van der Waals surface area contributed by atoms with Crippen molar-refractivity contribution in [1.82, 2.24) is 19.9 Å². The highest BCUT2D eigenvalue weighted by Gasteiger charge is 2.12. The lowest BCUT2D eigenvalue weighted by Gasteiger charge is -2.11. The van der Waals surface area contributed by atoms with Gasteiger partial charge in [0, 0.05) is 11.1 Å². The summed E-state index contributed by atoms with van der Waals surface area (Å²) in [6, 6.07) is 9.76. The van der Waals surface area contributed by atoms with Crippen molar-refractivity contribution in [2.75, 3.05) is 5.75 Å². The summed E-state index contributed by atoms with van der Waals surface area (Å²) in [6.45, 7) is 1.99. The number of pyridine rings is 1. The van der Waals surface area contributed by atoms with Gasteiger partial charge in [-0.2, -0.15) is 0 Å². The number of nitrogens with one attached hydrogen (secondary N) is 1. The molecule has 1 atom stereocenters. The van der Waals surface area contributed by atoms with Crippen LogP contribution in [0.15, 0.2) is 47.1 Å². The van der Waals surface area contributed by atoms with Crippen LogP contribution in [0.1, 0.15) is 17.8 Å². The van der Waals surface area contributed by atoms with Gasteiger partial charge < -0.3 is 5.32 Å². The van der Waals surface area contributed by atoms with Gasteiger partial charge in [-0.25, -0.2) is 0 Å². The first kappa shape index (κ1) is 14.1. The molecule has 1 amide bonds. The summed E-state index contributed by atoms with van der Waals surface area (Å²) in [5, 5.41) is 13.9. The van der Waals surface area contributed by atoms with Crippen LogP contribution in [0.5, 0.6) is 0 Å². The molecule has 0 aromatic carbocycles. The molecule has 7 heteroatoms. The van der Waals surface area contributed by atoms with E-state index in [-0.39, 0.29) is 11.9 Å². The maximum atomic E-state index is 12.0. The third-order valence-electron chi connectivity index (χ3n) is 2.96. The fourth-order valence-electron chi connectivity index (χ4n) is 1.94. The van der Waals surface area contributed by atoms with E-state index in [2.05, 4.69) is 15.5 Å². The SMILES string of the molecule is CC(NC(=O)CSc1nnc2ccccn12)c1cccs1. The lowest BCUT2D eigenvalue weighted by atomic mass is 10.3. The Bertz CT molecular complexity index is 738. The molecular weight excluding hydrogens is 304 g/mol. The lowest BCUT2D eigenvalue weighted by molar-refractivity contribution is -0.119. The fourth-order valence-corrected chi connectivity index (χ4v) is 3.41. The van der Waals surface area contributed by atoms with E-state index in [1.54, 1.807) is 11.3 Å². The predicted octanol–water partition coefficient (Wildman–Crippen LogP) is 2.76. The third kappa shape index (κ3) is 3.25. The molecule has 0 aliphatic rings. The molecule has 0 aliphatic carbocycles. The van der Waals surface area contributed by atoms with Crippen molar-refractivity contribution in [3.8, 4) is 0 Å². The van der Waals surface area contributed by atoms with Crippen LogP contribution in [0.25, 0.3) is 5.65 Å². The molecule has 0 saturated carbocycles. The van der Waals surface area contributed by atoms with Gasteiger partial charge >= 0.3 is 0 Å². The van der Waals surface area contributed by atoms with Crippen molar-refractivity contribution >= 4 is 34.7 Å². The van der Waals surface area contributed by atoms with E-state index in [4.69, 9.17) is 0 Å². The molecule has 3 rings (SSSR count). The number of fused-ring (bicyclic) bond motifs is 1. The van der Waals surface area contributed by atoms with Crippen molar-refractivity contribution in [2.24, 2.45) is 0 Å². The minimum absolute atomic E-state index is 0.00594. The molecule has 0 radical (unpaired) electrons. The van der Waals surface area contributed by atoms with Gasteiger partial charge in [0.25, 0.3) is 0 Å². The second kappa shape index (κ2) is 6.28. The molecule has 0 aliphatic heterocycles. The molecule has 21 heavy (non-hydrogen) atoms. The Hall–Kier alpha value is -1.86. The molecule has 0 bridgehead atoms. The number of thioether (sulfide) groups is 1. The van der Waals surface area contributed by atoms with E-state index in [1.807, 2.05) is 53.2 Å². The lowest BCUT2D eigenvalue weighted by Crippen LogP contribution is -2.27. The first-order valence-corrected chi connectivity index (χ1v) is 8.36. The van der Waals surface area contributed by atoms with E-state index in [1.165, 1.54) is 11.8 Å². The zero-order chi connectivity index (χ0) is 14.7. The minimum atomic E-state index is -0.00594. The van der Waals surface area contributed by atoms with Crippen LogP contribution in [-0.4, -0.2) is 26.3 Å². The fraction of sp³-hybridized carbons (Fsp3) is 0.214. The van der Waals surface area contributed by atoms with E-state index in [9.17, 15) is 4.79 Å². The van der Waals surface area contributed by atoms with Gasteiger partial charge in [-0.3, -0.25) is 9.20 Å². The molecule has 3 aromatic rings. The van der Waals surface area contributed by atoms with Crippen LogP contribution in [0, 0.1) is 0 Å². The second-order valence-corrected chi connectivity index (χ2v) is 6.43. The number of carbonyl (C=O) groups is 1. The summed E-state index contributed by atoms with van der Waals surface area (Å²) in [6.07, 6.45) is 1.89. The van der Waals surface area contributed by atoms with Gasteiger partial charge in [0.2, 0.25) is 5.91 Å². The quantitative estimate of drug-likeness (QED) is 0.735. The molecule has 0 spiro atoms. The predicted molar refractivity (Wildman–Crippen MR) is 84.6 cm³/mol. The highest BCUT2D eigenvalue weighted by molar-refractivity contribution is 7.99. The topological polar surface area (TPSA) is 59.3 Å². The molecule has 3 aromatic heterocycles. The Balaban J connectivity index is 1.58. The molecule has 0 saturated heterocycles. The zero-order valence-electron chi connectivity index (χ0n) is 11.4. The number of hydrogen-bond acceptors (Lipinski definition) is 5. The molecule has 5 nitrogen and oxygen atoms in total. The van der Waals surface area contributed by atoms with Crippen molar-refractivity contribution in [1.29, 1.82) is 0 Å². The van der Waals surface area contributed by atoms with Gasteiger partial charge in [0.05, 0.1) is 11.8 Å². The molecule has 3 heterocycles. The summed E-state index contributed by atoms with van der Waals surface area (Å²) in [5.74, 6) is 0.319. The van der Waals surface area contributed by atoms with Crippen LogP contribution in [0.3, 0.4) is 0 Å². The second-order valence-electron chi connectivity index (χ2n) is 4.50. The first-order valence-electron chi connectivity index (χ1n) is 6.49. The van der Waals surface area contributed by atoms with Crippen molar-refractivity contribution < 1.29 is 4.79 Å². The Labute approximate surface area is 130 Å². The Morgan fingerprint density at radius 1 is 1.38 bits per heavy atom. The van der Waals surface area contributed by atoms with Gasteiger partial charge in [-0.1, -0.05) is 23.9 Å². The number of amides is 1. The number of hydrogen-bond donors (Lipinski definition) is 1. The normalized spacial score (nSPS) is 12.4. The van der Waals surface area contributed by atoms with Gasteiger partial charge in [0.15, 0.2) is 10.8 Å². The van der Waals surface area contributed by atoms with Crippen molar-refractivity contribution in [3.63, 3.8) is 0 Å². The van der Waals surface area contributed by atoms with E-state index in [0.29, 0.717) is 5.75 Å². The standard InChI is InChI=1S/C14H14N4OS2/c1-10(11-5-4-8-20-11)15-13(19)9-21-14-17-16-12-6-2-3-7-18(12)14/h2-8,10H,9H2,1H3,(H,15,19). The number of aromatic nitrogens is 3. The summed E-state index contributed by atoms with van der Waals surface area (Å²) < 4.78 is 1.88. The van der Waals surface area contributed by atoms with Crippen LogP contribution in [-0.2, 0) is 4.79 Å². The first-order chi connectivity index (χ1) is 10.2. The van der Waals surface area contributed by atoms with Crippen LogP contribution >= 0.6 is 23.1 Å². The summed E-state index contributed by atoms with van der Waals surface area (Å²) in [4.78, 5) is 13.1. The molecule has 0 fully saturated rings. The summed E-state index contributed by atoms with van der Waals surface area (Å²) in [5.41, 5.74) is 0.785. The Kier molecular flexibility index (Phi) is 4.21. The maximum absolute atomic E-state index is 12.0. The van der Waals surface area contributed by atoms with Crippen LogP contribution in [0.4, 0.5) is 0 Å². The third-order valence-corrected chi connectivity index (χ3v) is 4.96. The summed E-state index contributed by atoms with van der Waals surface area (Å²) >= 11 is 3.03. The van der Waals surface area contributed by atoms with Crippen molar-refractivity contribution in [2.45, 2.75) is 18.1 Å². The number of nitrogens with zero attached hydrogens (tertiary/aromatic N) is 3. The molecule has 1 unspecified atom stereocenters. The number of carbonyl (C=O) groups excluding carboxylic acids is 1. The summed E-state index contributed by atoms with van der Waals surface area (Å²) in [7, 11) is 0. The molecule has 1 N–H and O–H groups in total. The molecular formula is C14H14N4OS2.